The summed E-state index contributed by atoms with van der Waals surface area (Å²) in [6.45, 7) is 3.10. The van der Waals surface area contributed by atoms with Crippen LogP contribution < -0.4 is 0 Å². The minimum Gasteiger partial charge on any atom is -0.506 e. The fourth-order valence-electron chi connectivity index (χ4n) is 1.13. The van der Waals surface area contributed by atoms with Crippen molar-refractivity contribution in [3.05, 3.63) is 28.2 Å². The van der Waals surface area contributed by atoms with Crippen molar-refractivity contribution < 1.29 is 15.0 Å². The van der Waals surface area contributed by atoms with Crippen LogP contribution in [-0.2, 0) is 10.2 Å². The normalized spacial score (nSPS) is 11.4. The van der Waals surface area contributed by atoms with Crippen molar-refractivity contribution >= 4 is 21.9 Å². The maximum atomic E-state index is 11.0. The lowest BCUT2D eigenvalue weighted by Gasteiger charge is -2.21. The van der Waals surface area contributed by atoms with Crippen molar-refractivity contribution in [2.45, 2.75) is 19.3 Å². The van der Waals surface area contributed by atoms with Gasteiger partial charge in [-0.1, -0.05) is 12.1 Å². The summed E-state index contributed by atoms with van der Waals surface area (Å²) in [5, 5.41) is 18.7. The highest BCUT2D eigenvalue weighted by atomic mass is 79.9. The van der Waals surface area contributed by atoms with Gasteiger partial charge in [-0.3, -0.25) is 4.79 Å². The lowest BCUT2D eigenvalue weighted by atomic mass is 9.84. The third-order valence-corrected chi connectivity index (χ3v) is 2.83. The molecule has 0 heterocycles. The second kappa shape index (κ2) is 3.61. The predicted octanol–water partition coefficient (Wildman–Crippen LogP) is 2.52. The number of halogens is 1. The van der Waals surface area contributed by atoms with Crippen LogP contribution in [0.1, 0.15) is 19.4 Å². The van der Waals surface area contributed by atoms with E-state index in [2.05, 4.69) is 15.9 Å². The zero-order valence-corrected chi connectivity index (χ0v) is 9.50. The molecule has 0 bridgehead atoms. The number of aliphatic carboxylic acids is 1. The molecular weight excluding hydrogens is 248 g/mol. The third-order valence-electron chi connectivity index (χ3n) is 2.19. The molecule has 0 amide bonds. The Hall–Kier alpha value is -1.03. The first-order valence-corrected chi connectivity index (χ1v) is 4.88. The Labute approximate surface area is 90.5 Å². The number of phenols is 1. The van der Waals surface area contributed by atoms with Gasteiger partial charge in [0.25, 0.3) is 0 Å². The smallest absolute Gasteiger partial charge is 0.313 e. The maximum Gasteiger partial charge on any atom is 0.313 e. The van der Waals surface area contributed by atoms with Gasteiger partial charge >= 0.3 is 5.97 Å². The summed E-state index contributed by atoms with van der Waals surface area (Å²) < 4.78 is 0.504. The lowest BCUT2D eigenvalue weighted by Crippen LogP contribution is -2.28. The van der Waals surface area contributed by atoms with Gasteiger partial charge in [-0.2, -0.15) is 0 Å². The molecule has 0 aromatic heterocycles. The first-order chi connectivity index (χ1) is 6.37. The molecule has 4 heteroatoms. The Morgan fingerprint density at radius 2 is 2.00 bits per heavy atom. The summed E-state index contributed by atoms with van der Waals surface area (Å²) in [5.41, 5.74) is -0.687. The van der Waals surface area contributed by atoms with Crippen LogP contribution >= 0.6 is 15.9 Å². The van der Waals surface area contributed by atoms with Gasteiger partial charge in [0, 0.05) is 5.56 Å². The first kappa shape index (κ1) is 11.0. The number of aromatic hydroxyl groups is 1. The molecule has 0 atom stereocenters. The van der Waals surface area contributed by atoms with Crippen molar-refractivity contribution in [2.75, 3.05) is 0 Å². The molecule has 2 N–H and O–H groups in total. The molecular formula is C10H11BrO3. The molecule has 0 spiro atoms. The fraction of sp³-hybridized carbons (Fsp3) is 0.300. The molecule has 0 radical (unpaired) electrons. The van der Waals surface area contributed by atoms with Crippen LogP contribution in [0.2, 0.25) is 0 Å². The minimum atomic E-state index is -1.09. The van der Waals surface area contributed by atoms with E-state index in [0.717, 1.165) is 0 Å². The van der Waals surface area contributed by atoms with Crippen molar-refractivity contribution in [1.29, 1.82) is 0 Å². The fourth-order valence-corrected chi connectivity index (χ4v) is 1.50. The monoisotopic (exact) mass is 258 g/mol. The average molecular weight is 259 g/mol. The van der Waals surface area contributed by atoms with E-state index >= 15 is 0 Å². The average Bonchev–Trinajstić information content (AvgIpc) is 2.09. The van der Waals surface area contributed by atoms with Crippen LogP contribution in [0.4, 0.5) is 0 Å². The molecule has 0 aliphatic carbocycles. The standard InChI is InChI=1S/C10H11BrO3/c1-10(2,9(13)14)6-4-3-5-7(11)8(6)12/h3-5,12H,1-2H3,(H,13,14). The van der Waals surface area contributed by atoms with Crippen LogP contribution in [0.3, 0.4) is 0 Å². The number of carboxylic acid groups (broad SMARTS) is 1. The maximum absolute atomic E-state index is 11.0. The summed E-state index contributed by atoms with van der Waals surface area (Å²) in [5.74, 6) is -0.981. The Balaban J connectivity index is 3.33. The Kier molecular flexibility index (Phi) is 2.85. The van der Waals surface area contributed by atoms with E-state index in [1.807, 2.05) is 0 Å². The molecule has 0 aliphatic heterocycles. The summed E-state index contributed by atoms with van der Waals surface area (Å²) in [7, 11) is 0. The third kappa shape index (κ3) is 1.75. The summed E-state index contributed by atoms with van der Waals surface area (Å²) in [6.07, 6.45) is 0. The largest absolute Gasteiger partial charge is 0.506 e. The number of phenolic OH excluding ortho intramolecular Hbond substituents is 1. The van der Waals surface area contributed by atoms with Gasteiger partial charge in [0.1, 0.15) is 5.75 Å². The van der Waals surface area contributed by atoms with E-state index in [-0.39, 0.29) is 5.75 Å². The number of carbonyl (C=O) groups is 1. The quantitative estimate of drug-likeness (QED) is 0.857. The van der Waals surface area contributed by atoms with Crippen molar-refractivity contribution in [3.63, 3.8) is 0 Å². The molecule has 0 saturated carbocycles. The first-order valence-electron chi connectivity index (χ1n) is 4.08. The number of para-hydroxylation sites is 1. The summed E-state index contributed by atoms with van der Waals surface area (Å²) in [4.78, 5) is 11.0. The van der Waals surface area contributed by atoms with Gasteiger partial charge < -0.3 is 10.2 Å². The zero-order valence-electron chi connectivity index (χ0n) is 7.91. The second-order valence-corrected chi connectivity index (χ2v) is 4.42. The highest BCUT2D eigenvalue weighted by Gasteiger charge is 2.32. The van der Waals surface area contributed by atoms with Gasteiger partial charge in [-0.15, -0.1) is 0 Å². The van der Waals surface area contributed by atoms with E-state index in [1.165, 1.54) is 0 Å². The topological polar surface area (TPSA) is 57.5 Å². The van der Waals surface area contributed by atoms with Gasteiger partial charge in [0.15, 0.2) is 0 Å². The molecule has 0 unspecified atom stereocenters. The van der Waals surface area contributed by atoms with E-state index in [0.29, 0.717) is 10.0 Å². The van der Waals surface area contributed by atoms with E-state index in [1.54, 1.807) is 32.0 Å². The van der Waals surface area contributed by atoms with Crippen molar-refractivity contribution in [3.8, 4) is 5.75 Å². The number of hydrogen-bond acceptors (Lipinski definition) is 2. The molecule has 0 saturated heterocycles. The summed E-state index contributed by atoms with van der Waals surface area (Å²) >= 11 is 3.14. The Bertz CT molecular complexity index is 372. The van der Waals surface area contributed by atoms with E-state index < -0.39 is 11.4 Å². The van der Waals surface area contributed by atoms with Gasteiger partial charge in [0.2, 0.25) is 0 Å². The predicted molar refractivity (Wildman–Crippen MR) is 56.5 cm³/mol. The number of hydrogen-bond donors (Lipinski definition) is 2. The van der Waals surface area contributed by atoms with E-state index in [9.17, 15) is 9.90 Å². The lowest BCUT2D eigenvalue weighted by molar-refractivity contribution is -0.142. The SMILES string of the molecule is CC(C)(C(=O)O)c1cccc(Br)c1O. The molecule has 1 rings (SSSR count). The Morgan fingerprint density at radius 3 is 2.50 bits per heavy atom. The molecule has 0 fully saturated rings. The molecule has 3 nitrogen and oxygen atoms in total. The van der Waals surface area contributed by atoms with Crippen LogP contribution in [0, 0.1) is 0 Å². The van der Waals surface area contributed by atoms with Crippen molar-refractivity contribution in [1.82, 2.24) is 0 Å². The van der Waals surface area contributed by atoms with Crippen LogP contribution in [0.25, 0.3) is 0 Å². The number of benzene rings is 1. The Morgan fingerprint density at radius 1 is 1.43 bits per heavy atom. The van der Waals surface area contributed by atoms with Gasteiger partial charge in [-0.25, -0.2) is 0 Å². The number of rotatable bonds is 2. The van der Waals surface area contributed by atoms with Gasteiger partial charge in [0.05, 0.1) is 9.89 Å². The van der Waals surface area contributed by atoms with Crippen LogP contribution in [-0.4, -0.2) is 16.2 Å². The zero-order chi connectivity index (χ0) is 10.9. The highest BCUT2D eigenvalue weighted by Crippen LogP contribution is 2.36. The summed E-state index contributed by atoms with van der Waals surface area (Å²) in [6, 6.07) is 4.97. The van der Waals surface area contributed by atoms with Gasteiger partial charge in [-0.05, 0) is 35.8 Å². The van der Waals surface area contributed by atoms with E-state index in [4.69, 9.17) is 5.11 Å². The van der Waals surface area contributed by atoms with Crippen molar-refractivity contribution in [2.24, 2.45) is 0 Å². The molecule has 76 valence electrons. The molecule has 1 aromatic rings. The number of carboxylic acids is 1. The van der Waals surface area contributed by atoms with Crippen LogP contribution in [0.5, 0.6) is 5.75 Å². The second-order valence-electron chi connectivity index (χ2n) is 3.57. The minimum absolute atomic E-state index is 0.0140. The molecule has 1 aromatic carbocycles. The highest BCUT2D eigenvalue weighted by molar-refractivity contribution is 9.10. The van der Waals surface area contributed by atoms with Crippen LogP contribution in [0.15, 0.2) is 22.7 Å². The molecule has 14 heavy (non-hydrogen) atoms. The molecule has 0 aliphatic rings.